The van der Waals surface area contributed by atoms with Gasteiger partial charge in [0.1, 0.15) is 0 Å². The first-order chi connectivity index (χ1) is 14.1. The van der Waals surface area contributed by atoms with Crippen LogP contribution >= 0.6 is 11.3 Å². The quantitative estimate of drug-likeness (QED) is 0.527. The minimum Gasteiger partial charge on any atom is -0.356 e. The maximum Gasteiger partial charge on any atom is 0.251 e. The first-order valence-electron chi connectivity index (χ1n) is 9.73. The maximum absolute atomic E-state index is 12.0. The van der Waals surface area contributed by atoms with E-state index in [0.29, 0.717) is 31.5 Å². The van der Waals surface area contributed by atoms with Gasteiger partial charge in [0.25, 0.3) is 5.91 Å². The van der Waals surface area contributed by atoms with Gasteiger partial charge in [0.05, 0.1) is 10.7 Å². The first kappa shape index (κ1) is 20.7. The van der Waals surface area contributed by atoms with Crippen LogP contribution in [0.5, 0.6) is 0 Å². The van der Waals surface area contributed by atoms with E-state index in [1.165, 1.54) is 5.56 Å². The number of carbonyl (C=O) groups excluding carboxylic acids is 2. The standard InChI is InChI=1S/C23H25N3O2S/c1-17-26-21(16-29-17)19-11-9-18(10-12-19)13-15-24-22(27)8-5-14-25-23(28)20-6-3-2-4-7-20/h2-4,6-7,9-12,16H,5,8,13-15H2,1H3,(H,24,27)(H,25,28). The maximum atomic E-state index is 12.0. The molecule has 0 saturated heterocycles. The molecule has 5 nitrogen and oxygen atoms in total. The van der Waals surface area contributed by atoms with Gasteiger partial charge in [0.2, 0.25) is 5.91 Å². The number of thiazole rings is 1. The highest BCUT2D eigenvalue weighted by atomic mass is 32.1. The van der Waals surface area contributed by atoms with E-state index in [9.17, 15) is 9.59 Å². The number of benzene rings is 2. The molecule has 0 spiro atoms. The van der Waals surface area contributed by atoms with Gasteiger partial charge in [-0.1, -0.05) is 42.5 Å². The van der Waals surface area contributed by atoms with Crippen LogP contribution in [0.15, 0.2) is 60.0 Å². The number of aromatic nitrogens is 1. The van der Waals surface area contributed by atoms with Gasteiger partial charge in [0, 0.05) is 36.0 Å². The lowest BCUT2D eigenvalue weighted by atomic mass is 10.1. The molecule has 6 heteroatoms. The van der Waals surface area contributed by atoms with Crippen molar-refractivity contribution in [1.29, 1.82) is 0 Å². The molecule has 29 heavy (non-hydrogen) atoms. The minimum absolute atomic E-state index is 0.00790. The largest absolute Gasteiger partial charge is 0.356 e. The number of aryl methyl sites for hydroxylation is 1. The van der Waals surface area contributed by atoms with E-state index < -0.39 is 0 Å². The second-order valence-corrected chi connectivity index (χ2v) is 7.84. The molecule has 0 aliphatic rings. The molecule has 0 fully saturated rings. The Kier molecular flexibility index (Phi) is 7.53. The Morgan fingerprint density at radius 1 is 0.966 bits per heavy atom. The summed E-state index contributed by atoms with van der Waals surface area (Å²) in [6, 6.07) is 17.4. The van der Waals surface area contributed by atoms with E-state index in [-0.39, 0.29) is 11.8 Å². The molecule has 3 aromatic rings. The topological polar surface area (TPSA) is 71.1 Å². The Morgan fingerprint density at radius 3 is 2.41 bits per heavy atom. The summed E-state index contributed by atoms with van der Waals surface area (Å²) >= 11 is 1.65. The lowest BCUT2D eigenvalue weighted by molar-refractivity contribution is -0.121. The summed E-state index contributed by atoms with van der Waals surface area (Å²) in [6.07, 6.45) is 1.80. The average molecular weight is 408 g/mol. The monoisotopic (exact) mass is 407 g/mol. The first-order valence-corrected chi connectivity index (χ1v) is 10.6. The molecule has 1 aromatic heterocycles. The van der Waals surface area contributed by atoms with Crippen LogP contribution in [0.3, 0.4) is 0 Å². The van der Waals surface area contributed by atoms with Crippen molar-refractivity contribution in [1.82, 2.24) is 15.6 Å². The summed E-state index contributed by atoms with van der Waals surface area (Å²) in [4.78, 5) is 28.4. The lowest BCUT2D eigenvalue weighted by Crippen LogP contribution is -2.28. The summed E-state index contributed by atoms with van der Waals surface area (Å²) in [6.45, 7) is 3.09. The van der Waals surface area contributed by atoms with Gasteiger partial charge in [0.15, 0.2) is 0 Å². The Hall–Kier alpha value is -2.99. The fourth-order valence-corrected chi connectivity index (χ4v) is 3.54. The van der Waals surface area contributed by atoms with Crippen LogP contribution < -0.4 is 10.6 Å². The SMILES string of the molecule is Cc1nc(-c2ccc(CCNC(=O)CCCNC(=O)c3ccccc3)cc2)cs1. The Labute approximate surface area is 175 Å². The third-order valence-electron chi connectivity index (χ3n) is 4.51. The molecular weight excluding hydrogens is 382 g/mol. The van der Waals surface area contributed by atoms with Crippen LogP contribution in [-0.2, 0) is 11.2 Å². The molecule has 150 valence electrons. The Balaban J connectivity index is 1.31. The van der Waals surface area contributed by atoms with E-state index in [4.69, 9.17) is 0 Å². The number of carbonyl (C=O) groups is 2. The smallest absolute Gasteiger partial charge is 0.251 e. The molecule has 3 rings (SSSR count). The molecule has 2 aromatic carbocycles. The van der Waals surface area contributed by atoms with Crippen molar-refractivity contribution < 1.29 is 9.59 Å². The van der Waals surface area contributed by atoms with Crippen LogP contribution in [0, 0.1) is 6.92 Å². The highest BCUT2D eigenvalue weighted by Gasteiger charge is 2.06. The van der Waals surface area contributed by atoms with E-state index in [0.717, 1.165) is 22.7 Å². The van der Waals surface area contributed by atoms with Gasteiger partial charge in [-0.05, 0) is 37.5 Å². The zero-order valence-corrected chi connectivity index (χ0v) is 17.3. The highest BCUT2D eigenvalue weighted by molar-refractivity contribution is 7.09. The molecular formula is C23H25N3O2S. The number of hydrogen-bond donors (Lipinski definition) is 2. The molecule has 1 heterocycles. The van der Waals surface area contributed by atoms with Crippen molar-refractivity contribution in [3.05, 3.63) is 76.1 Å². The number of nitrogens with zero attached hydrogens (tertiary/aromatic N) is 1. The molecule has 0 bridgehead atoms. The Morgan fingerprint density at radius 2 is 1.72 bits per heavy atom. The molecule has 0 atom stereocenters. The molecule has 0 radical (unpaired) electrons. The highest BCUT2D eigenvalue weighted by Crippen LogP contribution is 2.21. The van der Waals surface area contributed by atoms with Crippen LogP contribution in [0.1, 0.15) is 33.8 Å². The zero-order valence-electron chi connectivity index (χ0n) is 16.5. The zero-order chi connectivity index (χ0) is 20.5. The van der Waals surface area contributed by atoms with Crippen molar-refractivity contribution in [2.45, 2.75) is 26.2 Å². The molecule has 2 amide bonds. The van der Waals surface area contributed by atoms with Crippen molar-refractivity contribution in [2.75, 3.05) is 13.1 Å². The number of hydrogen-bond acceptors (Lipinski definition) is 4. The summed E-state index contributed by atoms with van der Waals surface area (Å²) in [5, 5.41) is 8.90. The normalized spacial score (nSPS) is 10.5. The van der Waals surface area contributed by atoms with Crippen LogP contribution in [0.25, 0.3) is 11.3 Å². The van der Waals surface area contributed by atoms with Crippen molar-refractivity contribution >= 4 is 23.2 Å². The van der Waals surface area contributed by atoms with Gasteiger partial charge in [-0.3, -0.25) is 9.59 Å². The van der Waals surface area contributed by atoms with E-state index >= 15 is 0 Å². The average Bonchev–Trinajstić information content (AvgIpc) is 3.18. The summed E-state index contributed by atoms with van der Waals surface area (Å²) in [5.41, 5.74) is 3.93. The second kappa shape index (κ2) is 10.5. The predicted molar refractivity (Wildman–Crippen MR) is 117 cm³/mol. The third-order valence-corrected chi connectivity index (χ3v) is 5.28. The number of rotatable bonds is 9. The fourth-order valence-electron chi connectivity index (χ4n) is 2.92. The van der Waals surface area contributed by atoms with Gasteiger partial charge < -0.3 is 10.6 Å². The van der Waals surface area contributed by atoms with E-state index in [2.05, 4.69) is 45.3 Å². The van der Waals surface area contributed by atoms with Crippen molar-refractivity contribution in [3.63, 3.8) is 0 Å². The van der Waals surface area contributed by atoms with Gasteiger partial charge >= 0.3 is 0 Å². The van der Waals surface area contributed by atoms with Crippen molar-refractivity contribution in [2.24, 2.45) is 0 Å². The number of amides is 2. The fraction of sp³-hybridized carbons (Fsp3) is 0.261. The molecule has 0 unspecified atom stereocenters. The summed E-state index contributed by atoms with van der Waals surface area (Å²) in [5.74, 6) is -0.101. The van der Waals surface area contributed by atoms with Crippen LogP contribution in [-0.4, -0.2) is 29.9 Å². The van der Waals surface area contributed by atoms with Crippen molar-refractivity contribution in [3.8, 4) is 11.3 Å². The molecule has 2 N–H and O–H groups in total. The molecule has 0 aliphatic carbocycles. The van der Waals surface area contributed by atoms with E-state index in [1.807, 2.05) is 25.1 Å². The van der Waals surface area contributed by atoms with Gasteiger partial charge in [-0.25, -0.2) is 4.98 Å². The summed E-state index contributed by atoms with van der Waals surface area (Å²) in [7, 11) is 0. The minimum atomic E-state index is -0.109. The van der Waals surface area contributed by atoms with E-state index in [1.54, 1.807) is 23.5 Å². The Bertz CT molecular complexity index is 936. The third kappa shape index (κ3) is 6.54. The summed E-state index contributed by atoms with van der Waals surface area (Å²) < 4.78 is 0. The van der Waals surface area contributed by atoms with Gasteiger partial charge in [-0.15, -0.1) is 11.3 Å². The second-order valence-electron chi connectivity index (χ2n) is 6.77. The van der Waals surface area contributed by atoms with Crippen LogP contribution in [0.2, 0.25) is 0 Å². The van der Waals surface area contributed by atoms with Gasteiger partial charge in [-0.2, -0.15) is 0 Å². The molecule has 0 saturated carbocycles. The predicted octanol–water partition coefficient (Wildman–Crippen LogP) is 3.99. The number of nitrogens with one attached hydrogen (secondary N) is 2. The van der Waals surface area contributed by atoms with Crippen LogP contribution in [0.4, 0.5) is 0 Å². The molecule has 0 aliphatic heterocycles. The lowest BCUT2D eigenvalue weighted by Gasteiger charge is -2.07.